The number of pyridine rings is 1. The van der Waals surface area contributed by atoms with Gasteiger partial charge in [-0.25, -0.2) is 9.97 Å². The summed E-state index contributed by atoms with van der Waals surface area (Å²) in [6.07, 6.45) is -2.04. The smallest absolute Gasteiger partial charge is 0.434 e. The van der Waals surface area contributed by atoms with Crippen molar-refractivity contribution in [2.24, 2.45) is 5.41 Å². The molecule has 0 amide bonds. The molecule has 3 rings (SSSR count). The van der Waals surface area contributed by atoms with Crippen LogP contribution in [0.4, 0.5) is 13.2 Å². The summed E-state index contributed by atoms with van der Waals surface area (Å²) in [5, 5.41) is 0.236. The van der Waals surface area contributed by atoms with E-state index >= 15 is 0 Å². The highest BCUT2D eigenvalue weighted by atomic mass is 35.5. The van der Waals surface area contributed by atoms with E-state index in [0.717, 1.165) is 28.9 Å². The summed E-state index contributed by atoms with van der Waals surface area (Å²) < 4.78 is 58.1. The van der Waals surface area contributed by atoms with Crippen molar-refractivity contribution in [1.29, 1.82) is 0 Å². The Morgan fingerprint density at radius 3 is 2.40 bits per heavy atom. The summed E-state index contributed by atoms with van der Waals surface area (Å²) in [5.74, 6) is 0.0252. The minimum absolute atomic E-state index is 0.0712. The van der Waals surface area contributed by atoms with E-state index in [1.807, 2.05) is 6.92 Å². The third-order valence-corrected chi connectivity index (χ3v) is 8.24. The average molecular weight is 598 g/mol. The van der Waals surface area contributed by atoms with Crippen LogP contribution in [0.1, 0.15) is 25.1 Å². The number of hydrogen-bond donors (Lipinski definition) is 0. The van der Waals surface area contributed by atoms with Gasteiger partial charge in [0.25, 0.3) is 0 Å². The first-order valence-corrected chi connectivity index (χ1v) is 16.8. The van der Waals surface area contributed by atoms with Gasteiger partial charge in [0.15, 0.2) is 5.69 Å². The molecular formula is C28H35ClF3N3O4Si. The number of ether oxygens (including phenoxy) is 3. The Balaban J connectivity index is 1.85. The number of benzene rings is 1. The zero-order valence-corrected chi connectivity index (χ0v) is 25.5. The van der Waals surface area contributed by atoms with E-state index in [1.54, 1.807) is 44.3 Å². The van der Waals surface area contributed by atoms with Gasteiger partial charge in [-0.05, 0) is 50.1 Å². The number of methoxy groups -OCH3 is 1. The van der Waals surface area contributed by atoms with Crippen LogP contribution in [0.25, 0.3) is 22.5 Å². The van der Waals surface area contributed by atoms with Crippen molar-refractivity contribution in [2.75, 3.05) is 20.3 Å². The summed E-state index contributed by atoms with van der Waals surface area (Å²) >= 11 is 6.60. The maximum atomic E-state index is 13.5. The van der Waals surface area contributed by atoms with Gasteiger partial charge in [0.05, 0.1) is 17.5 Å². The van der Waals surface area contributed by atoms with Gasteiger partial charge in [0, 0.05) is 44.3 Å². The van der Waals surface area contributed by atoms with Crippen molar-refractivity contribution in [3.05, 3.63) is 52.9 Å². The lowest BCUT2D eigenvalue weighted by atomic mass is 9.95. The van der Waals surface area contributed by atoms with Gasteiger partial charge in [-0.3, -0.25) is 4.79 Å². The number of alkyl halides is 3. The Morgan fingerprint density at radius 1 is 1.12 bits per heavy atom. The fraction of sp³-hybridized carbons (Fsp3) is 0.464. The van der Waals surface area contributed by atoms with Gasteiger partial charge in [0.1, 0.15) is 19.2 Å². The highest BCUT2D eigenvalue weighted by Crippen LogP contribution is 2.36. The van der Waals surface area contributed by atoms with Gasteiger partial charge in [-0.15, -0.1) is 0 Å². The number of aromatic nitrogens is 3. The first kappa shape index (κ1) is 31.6. The molecule has 0 radical (unpaired) electrons. The predicted molar refractivity (Wildman–Crippen MR) is 151 cm³/mol. The van der Waals surface area contributed by atoms with E-state index in [4.69, 9.17) is 25.8 Å². The molecule has 0 atom stereocenters. The lowest BCUT2D eigenvalue weighted by Gasteiger charge is -2.21. The Hall–Kier alpha value is -2.89. The molecule has 0 aliphatic rings. The fourth-order valence-electron chi connectivity index (χ4n) is 3.77. The molecule has 40 heavy (non-hydrogen) atoms. The maximum Gasteiger partial charge on any atom is 0.434 e. The predicted octanol–water partition coefficient (Wildman–Crippen LogP) is 7.48. The number of carbonyl (C=O) groups is 1. The van der Waals surface area contributed by atoms with Crippen molar-refractivity contribution in [2.45, 2.75) is 59.4 Å². The zero-order chi connectivity index (χ0) is 29.9. The van der Waals surface area contributed by atoms with Crippen molar-refractivity contribution in [1.82, 2.24) is 14.5 Å². The van der Waals surface area contributed by atoms with E-state index in [-0.39, 0.29) is 24.2 Å². The van der Waals surface area contributed by atoms with Gasteiger partial charge in [0.2, 0.25) is 5.88 Å². The molecule has 0 unspecified atom stereocenters. The monoisotopic (exact) mass is 597 g/mol. The van der Waals surface area contributed by atoms with Gasteiger partial charge in [-0.1, -0.05) is 37.3 Å². The van der Waals surface area contributed by atoms with Gasteiger partial charge >= 0.3 is 12.1 Å². The minimum Gasteiger partial charge on any atom is -0.476 e. The molecule has 2 heterocycles. The molecule has 1 aromatic carbocycles. The molecule has 2 aromatic heterocycles. The normalized spacial score (nSPS) is 12.5. The Morgan fingerprint density at radius 2 is 1.82 bits per heavy atom. The number of aryl methyl sites for hydroxylation is 1. The van der Waals surface area contributed by atoms with E-state index in [0.29, 0.717) is 18.1 Å². The van der Waals surface area contributed by atoms with E-state index in [1.165, 1.54) is 11.7 Å². The zero-order valence-electron chi connectivity index (χ0n) is 23.8. The molecule has 7 nitrogen and oxygen atoms in total. The summed E-state index contributed by atoms with van der Waals surface area (Å²) in [4.78, 5) is 20.1. The number of hydrogen-bond acceptors (Lipinski definition) is 6. The second kappa shape index (κ2) is 12.3. The Kier molecular flexibility index (Phi) is 9.74. The topological polar surface area (TPSA) is 75.5 Å². The van der Waals surface area contributed by atoms with Crippen molar-refractivity contribution < 1.29 is 32.2 Å². The van der Waals surface area contributed by atoms with Crippen molar-refractivity contribution in [3.63, 3.8) is 0 Å². The van der Waals surface area contributed by atoms with Crippen LogP contribution >= 0.6 is 11.6 Å². The van der Waals surface area contributed by atoms with Gasteiger partial charge in [-0.2, -0.15) is 13.2 Å². The van der Waals surface area contributed by atoms with E-state index in [2.05, 4.69) is 29.6 Å². The van der Waals surface area contributed by atoms with E-state index < -0.39 is 31.3 Å². The van der Waals surface area contributed by atoms with Crippen LogP contribution in [-0.2, 0) is 27.2 Å². The van der Waals surface area contributed by atoms with Crippen LogP contribution in [0, 0.1) is 12.3 Å². The van der Waals surface area contributed by atoms with E-state index in [9.17, 15) is 18.0 Å². The summed E-state index contributed by atoms with van der Waals surface area (Å²) in [7, 11) is -0.0327. The first-order chi connectivity index (χ1) is 18.5. The number of carbonyl (C=O) groups excluding carboxylic acids is 1. The average Bonchev–Trinajstić information content (AvgIpc) is 3.29. The molecule has 0 saturated heterocycles. The van der Waals surface area contributed by atoms with Crippen LogP contribution < -0.4 is 4.74 Å². The molecule has 0 aliphatic carbocycles. The molecule has 0 saturated carbocycles. The third-order valence-electron chi connectivity index (χ3n) is 6.22. The third kappa shape index (κ3) is 8.08. The second-order valence-corrected chi connectivity index (χ2v) is 17.5. The van der Waals surface area contributed by atoms with Gasteiger partial charge < -0.3 is 18.8 Å². The Bertz CT molecular complexity index is 1350. The van der Waals surface area contributed by atoms with Crippen LogP contribution in [-0.4, -0.2) is 48.9 Å². The lowest BCUT2D eigenvalue weighted by Crippen LogP contribution is -2.32. The molecule has 0 N–H and O–H groups in total. The summed E-state index contributed by atoms with van der Waals surface area (Å²) in [5.41, 5.74) is 0.820. The number of halogens is 4. The summed E-state index contributed by atoms with van der Waals surface area (Å²) in [6, 6.07) is 7.69. The van der Waals surface area contributed by atoms with Crippen molar-refractivity contribution in [3.8, 4) is 28.4 Å². The molecule has 0 fully saturated rings. The van der Waals surface area contributed by atoms with Crippen LogP contribution in [0.15, 0.2) is 36.7 Å². The standard InChI is InChI=1S/C28H35ClF3N3O4Si/c1-18-12-24(39-16-27(2,3)26(36)37-4)33-14-21(18)19-8-9-20(22(29)13-19)25-34-23(28(30,31)32)15-35(25)17-38-10-11-40(5,6)7/h8-9,12-15H,10-11,16-17H2,1-7H3. The quantitative estimate of drug-likeness (QED) is 0.130. The SMILES string of the molecule is COC(=O)C(C)(C)COc1cc(C)c(-c2ccc(-c3nc(C(F)(F)F)cn3COCC[Si](C)(C)C)c(Cl)c2)cn1. The molecule has 0 bridgehead atoms. The summed E-state index contributed by atoms with van der Waals surface area (Å²) in [6.45, 7) is 12.4. The highest BCUT2D eigenvalue weighted by molar-refractivity contribution is 6.76. The maximum absolute atomic E-state index is 13.5. The molecular weight excluding hydrogens is 563 g/mol. The molecule has 0 aliphatic heterocycles. The fourth-order valence-corrected chi connectivity index (χ4v) is 4.79. The molecule has 3 aromatic rings. The van der Waals surface area contributed by atoms with Crippen LogP contribution in [0.2, 0.25) is 30.7 Å². The molecule has 0 spiro atoms. The molecule has 12 heteroatoms. The number of rotatable bonds is 11. The highest BCUT2D eigenvalue weighted by Gasteiger charge is 2.35. The second-order valence-electron chi connectivity index (χ2n) is 11.5. The van der Waals surface area contributed by atoms with Crippen molar-refractivity contribution >= 4 is 25.6 Å². The number of nitrogens with zero attached hydrogens (tertiary/aromatic N) is 3. The number of esters is 1. The number of imidazole rings is 1. The lowest BCUT2D eigenvalue weighted by molar-refractivity contribution is -0.152. The first-order valence-electron chi connectivity index (χ1n) is 12.7. The minimum atomic E-state index is -4.61. The largest absolute Gasteiger partial charge is 0.476 e. The molecule has 218 valence electrons. The van der Waals surface area contributed by atoms with Crippen LogP contribution in [0.5, 0.6) is 5.88 Å². The Labute approximate surface area is 238 Å². The van der Waals surface area contributed by atoms with Crippen LogP contribution in [0.3, 0.4) is 0 Å².